The van der Waals surface area contributed by atoms with Crippen LogP contribution in [0.5, 0.6) is 0 Å². The lowest BCUT2D eigenvalue weighted by Gasteiger charge is -2.31. The third kappa shape index (κ3) is 8.01. The first kappa shape index (κ1) is 29.6. The molecule has 9 heteroatoms. The van der Waals surface area contributed by atoms with E-state index in [0.29, 0.717) is 37.9 Å². The van der Waals surface area contributed by atoms with Gasteiger partial charge in [-0.15, -0.1) is 0 Å². The number of nitrogens with one attached hydrogen (secondary N) is 1. The third-order valence-electron chi connectivity index (χ3n) is 6.52. The molecule has 2 atom stereocenters. The summed E-state index contributed by atoms with van der Waals surface area (Å²) in [5, 5.41) is 15.2. The SMILES string of the molecule is CC(C)CN([C@H](CO)CCCCNC(=O)C(N)Cc1ccc2ccccc2c1)S(=O)(=O)c1ccc(N)cc1. The zero-order valence-corrected chi connectivity index (χ0v) is 23.0. The molecule has 0 saturated heterocycles. The fraction of sp³-hybridized carbons (Fsp3) is 0.414. The van der Waals surface area contributed by atoms with Gasteiger partial charge >= 0.3 is 0 Å². The Morgan fingerprint density at radius 1 is 1.00 bits per heavy atom. The summed E-state index contributed by atoms with van der Waals surface area (Å²) in [5.74, 6) is -0.139. The van der Waals surface area contributed by atoms with Gasteiger partial charge in [-0.3, -0.25) is 4.79 Å². The Bertz CT molecular complexity index is 1300. The van der Waals surface area contributed by atoms with Crippen LogP contribution < -0.4 is 16.8 Å². The van der Waals surface area contributed by atoms with Crippen molar-refractivity contribution in [3.63, 3.8) is 0 Å². The number of anilines is 1. The molecule has 0 aliphatic heterocycles. The monoisotopic (exact) mass is 540 g/mol. The highest BCUT2D eigenvalue weighted by atomic mass is 32.2. The minimum absolute atomic E-state index is 0.0796. The first-order valence-corrected chi connectivity index (χ1v) is 14.5. The minimum atomic E-state index is -3.80. The van der Waals surface area contributed by atoms with E-state index in [1.165, 1.54) is 16.4 Å². The second-order valence-corrected chi connectivity index (χ2v) is 12.0. The van der Waals surface area contributed by atoms with Crippen LogP contribution in [-0.4, -0.2) is 55.5 Å². The van der Waals surface area contributed by atoms with Crippen molar-refractivity contribution in [1.82, 2.24) is 9.62 Å². The van der Waals surface area contributed by atoms with Crippen LogP contribution in [0.1, 0.15) is 38.7 Å². The maximum atomic E-state index is 13.4. The quantitative estimate of drug-likeness (QED) is 0.183. The number of nitrogens with zero attached hydrogens (tertiary/aromatic N) is 1. The Balaban J connectivity index is 1.51. The number of carbonyl (C=O) groups is 1. The number of aliphatic hydroxyl groups is 1. The van der Waals surface area contributed by atoms with Crippen molar-refractivity contribution in [1.29, 1.82) is 0 Å². The fourth-order valence-electron chi connectivity index (χ4n) is 4.46. The van der Waals surface area contributed by atoms with Gasteiger partial charge in [-0.05, 0) is 65.8 Å². The molecule has 0 radical (unpaired) electrons. The molecule has 1 unspecified atom stereocenters. The molecule has 0 saturated carbocycles. The second-order valence-electron chi connectivity index (χ2n) is 10.2. The number of nitrogen functional groups attached to an aromatic ring is 1. The van der Waals surface area contributed by atoms with Crippen LogP contribution in [0.2, 0.25) is 0 Å². The van der Waals surface area contributed by atoms with Crippen molar-refractivity contribution in [2.45, 2.75) is 56.5 Å². The highest BCUT2D eigenvalue weighted by Crippen LogP contribution is 2.23. The average molecular weight is 541 g/mol. The Morgan fingerprint density at radius 2 is 1.68 bits per heavy atom. The number of nitrogens with two attached hydrogens (primary N) is 2. The molecule has 0 bridgehead atoms. The summed E-state index contributed by atoms with van der Waals surface area (Å²) in [6, 6.07) is 19.0. The Kier molecular flexibility index (Phi) is 10.7. The van der Waals surface area contributed by atoms with Gasteiger partial charge < -0.3 is 21.9 Å². The Hall–Kier alpha value is -2.98. The van der Waals surface area contributed by atoms with E-state index in [1.807, 2.05) is 50.2 Å². The van der Waals surface area contributed by atoms with Crippen molar-refractivity contribution < 1.29 is 18.3 Å². The smallest absolute Gasteiger partial charge is 0.243 e. The highest BCUT2D eigenvalue weighted by Gasteiger charge is 2.31. The standard InChI is InChI=1S/C29H40N4O4S/c1-21(2)19-33(38(36,37)27-14-12-25(30)13-15-27)26(20-34)9-5-6-16-32-29(35)28(31)18-22-10-11-23-7-3-4-8-24(23)17-22/h3-4,7-8,10-15,17,21,26,28,34H,5-6,9,16,18-20,30-31H2,1-2H3,(H,32,35)/t26-,28?/m0/s1. The van der Waals surface area contributed by atoms with Crippen LogP contribution in [0, 0.1) is 5.92 Å². The lowest BCUT2D eigenvalue weighted by molar-refractivity contribution is -0.122. The van der Waals surface area contributed by atoms with Crippen LogP contribution in [0.3, 0.4) is 0 Å². The summed E-state index contributed by atoms with van der Waals surface area (Å²) in [6.45, 7) is 4.31. The Labute approximate surface area is 226 Å². The van der Waals surface area contributed by atoms with Gasteiger partial charge in [-0.25, -0.2) is 8.42 Å². The topological polar surface area (TPSA) is 139 Å². The molecule has 206 valence electrons. The second kappa shape index (κ2) is 13.7. The van der Waals surface area contributed by atoms with E-state index in [4.69, 9.17) is 11.5 Å². The predicted octanol–water partition coefficient (Wildman–Crippen LogP) is 3.29. The van der Waals surface area contributed by atoms with E-state index in [1.54, 1.807) is 12.1 Å². The van der Waals surface area contributed by atoms with Crippen molar-refractivity contribution in [2.75, 3.05) is 25.4 Å². The van der Waals surface area contributed by atoms with Crippen LogP contribution in [0.15, 0.2) is 71.6 Å². The molecule has 6 N–H and O–H groups in total. The molecular weight excluding hydrogens is 500 g/mol. The number of aliphatic hydroxyl groups excluding tert-OH is 1. The van der Waals surface area contributed by atoms with Crippen molar-refractivity contribution in [2.24, 2.45) is 11.7 Å². The summed E-state index contributed by atoms with van der Waals surface area (Å²) in [6.07, 6.45) is 2.19. The van der Waals surface area contributed by atoms with E-state index >= 15 is 0 Å². The Morgan fingerprint density at radius 3 is 2.34 bits per heavy atom. The summed E-state index contributed by atoms with van der Waals surface area (Å²) in [4.78, 5) is 12.7. The summed E-state index contributed by atoms with van der Waals surface area (Å²) < 4.78 is 28.1. The highest BCUT2D eigenvalue weighted by molar-refractivity contribution is 7.89. The predicted molar refractivity (Wildman–Crippen MR) is 153 cm³/mol. The number of hydrogen-bond donors (Lipinski definition) is 4. The lowest BCUT2D eigenvalue weighted by Crippen LogP contribution is -2.44. The van der Waals surface area contributed by atoms with Crippen LogP contribution in [0.25, 0.3) is 10.8 Å². The van der Waals surface area contributed by atoms with Crippen molar-refractivity contribution in [3.05, 3.63) is 72.3 Å². The van der Waals surface area contributed by atoms with E-state index in [0.717, 1.165) is 16.3 Å². The van der Waals surface area contributed by atoms with Crippen LogP contribution >= 0.6 is 0 Å². The third-order valence-corrected chi connectivity index (χ3v) is 8.45. The average Bonchev–Trinajstić information content (AvgIpc) is 2.89. The molecule has 0 heterocycles. The normalized spacial score (nSPS) is 13.6. The number of carbonyl (C=O) groups excluding carboxylic acids is 1. The first-order valence-electron chi connectivity index (χ1n) is 13.1. The van der Waals surface area contributed by atoms with Gasteiger partial charge in [-0.2, -0.15) is 4.31 Å². The van der Waals surface area contributed by atoms with Crippen molar-refractivity contribution >= 4 is 32.4 Å². The fourth-order valence-corrected chi connectivity index (χ4v) is 6.27. The summed E-state index contributed by atoms with van der Waals surface area (Å²) >= 11 is 0. The number of benzene rings is 3. The van der Waals surface area contributed by atoms with E-state index in [2.05, 4.69) is 11.4 Å². The van der Waals surface area contributed by atoms with E-state index < -0.39 is 22.1 Å². The summed E-state index contributed by atoms with van der Waals surface area (Å²) in [5.41, 5.74) is 13.4. The molecule has 38 heavy (non-hydrogen) atoms. The number of fused-ring (bicyclic) bond motifs is 1. The molecule has 0 aliphatic rings. The lowest BCUT2D eigenvalue weighted by atomic mass is 10.0. The van der Waals surface area contributed by atoms with Gasteiger partial charge in [0.05, 0.1) is 17.5 Å². The molecule has 0 spiro atoms. The van der Waals surface area contributed by atoms with Gasteiger partial charge in [0.15, 0.2) is 0 Å². The largest absolute Gasteiger partial charge is 0.399 e. The number of rotatable bonds is 14. The van der Waals surface area contributed by atoms with Crippen molar-refractivity contribution in [3.8, 4) is 0 Å². The molecule has 0 aliphatic carbocycles. The number of sulfonamides is 1. The maximum Gasteiger partial charge on any atom is 0.243 e. The van der Waals surface area contributed by atoms with E-state index in [-0.39, 0.29) is 29.9 Å². The zero-order valence-electron chi connectivity index (χ0n) is 22.2. The van der Waals surface area contributed by atoms with Gasteiger partial charge in [0.25, 0.3) is 0 Å². The van der Waals surface area contributed by atoms with Gasteiger partial charge in [0, 0.05) is 24.8 Å². The minimum Gasteiger partial charge on any atom is -0.399 e. The van der Waals surface area contributed by atoms with Gasteiger partial charge in [0.2, 0.25) is 15.9 Å². The molecule has 1 amide bonds. The first-order chi connectivity index (χ1) is 18.1. The maximum absolute atomic E-state index is 13.4. The van der Waals surface area contributed by atoms with Crippen LogP contribution in [-0.2, 0) is 21.2 Å². The number of hydrogen-bond acceptors (Lipinski definition) is 6. The molecule has 3 rings (SSSR count). The molecular formula is C29H40N4O4S. The molecule has 0 aromatic heterocycles. The summed E-state index contributed by atoms with van der Waals surface area (Å²) in [7, 11) is -3.80. The number of unbranched alkanes of at least 4 members (excludes halogenated alkanes) is 1. The van der Waals surface area contributed by atoms with Gasteiger partial charge in [-0.1, -0.05) is 62.7 Å². The molecule has 3 aromatic carbocycles. The molecule has 0 fully saturated rings. The molecule has 3 aromatic rings. The van der Waals surface area contributed by atoms with Crippen LogP contribution in [0.4, 0.5) is 5.69 Å². The molecule has 8 nitrogen and oxygen atoms in total. The zero-order chi connectivity index (χ0) is 27.7. The number of amides is 1. The van der Waals surface area contributed by atoms with Gasteiger partial charge in [0.1, 0.15) is 0 Å². The van der Waals surface area contributed by atoms with E-state index in [9.17, 15) is 18.3 Å².